The number of phenolic OH excluding ortho intramolecular Hbond substituents is 1. The van der Waals surface area contributed by atoms with Crippen molar-refractivity contribution in [3.8, 4) is 5.75 Å². The van der Waals surface area contributed by atoms with E-state index in [1.54, 1.807) is 31.3 Å². The van der Waals surface area contributed by atoms with Crippen LogP contribution in [0, 0.1) is 0 Å². The molecule has 0 aliphatic carbocycles. The van der Waals surface area contributed by atoms with E-state index in [9.17, 15) is 5.11 Å². The Morgan fingerprint density at radius 3 is 2.14 bits per heavy atom. The predicted octanol–water partition coefficient (Wildman–Crippen LogP) is 1.46. The zero-order valence-electron chi connectivity index (χ0n) is 8.27. The molecule has 1 aromatic rings. The van der Waals surface area contributed by atoms with E-state index >= 15 is 0 Å². The first-order chi connectivity index (χ1) is 6.15. The first-order valence-corrected chi connectivity index (χ1v) is 4.29. The first-order valence-electron chi connectivity index (χ1n) is 4.29. The number of halogens is 1. The van der Waals surface area contributed by atoms with Gasteiger partial charge in [-0.05, 0) is 31.7 Å². The first kappa shape index (κ1) is 13.2. The molecule has 0 heterocycles. The van der Waals surface area contributed by atoms with Gasteiger partial charge in [0, 0.05) is 6.04 Å². The highest BCUT2D eigenvalue weighted by molar-refractivity contribution is 5.85. The van der Waals surface area contributed by atoms with E-state index in [0.29, 0.717) is 0 Å². The number of nitrogens with one attached hydrogen (secondary N) is 1. The van der Waals surface area contributed by atoms with Crippen LogP contribution in [-0.4, -0.2) is 23.3 Å². The molecule has 0 unspecified atom stereocenters. The summed E-state index contributed by atoms with van der Waals surface area (Å²) in [5.41, 5.74) is 0.805. The van der Waals surface area contributed by atoms with Crippen molar-refractivity contribution in [2.75, 3.05) is 7.05 Å². The van der Waals surface area contributed by atoms with Crippen molar-refractivity contribution in [1.29, 1.82) is 0 Å². The average Bonchev–Trinajstić information content (AvgIpc) is 2.17. The molecule has 0 aromatic heterocycles. The van der Waals surface area contributed by atoms with Crippen LogP contribution in [0.3, 0.4) is 0 Å². The molecule has 3 nitrogen and oxygen atoms in total. The number of likely N-dealkylation sites (N-methyl/N-ethyl adjacent to an activating group) is 1. The van der Waals surface area contributed by atoms with Gasteiger partial charge in [0.25, 0.3) is 0 Å². The third-order valence-electron chi connectivity index (χ3n) is 2.16. The highest BCUT2D eigenvalue weighted by Crippen LogP contribution is 2.19. The molecule has 0 saturated carbocycles. The van der Waals surface area contributed by atoms with Gasteiger partial charge in [0.15, 0.2) is 0 Å². The molecule has 2 atom stereocenters. The lowest BCUT2D eigenvalue weighted by atomic mass is 10.0. The van der Waals surface area contributed by atoms with E-state index in [1.165, 1.54) is 0 Å². The van der Waals surface area contributed by atoms with Crippen LogP contribution in [0.15, 0.2) is 24.3 Å². The Morgan fingerprint density at radius 1 is 1.21 bits per heavy atom. The smallest absolute Gasteiger partial charge is 0.115 e. The average molecular weight is 218 g/mol. The van der Waals surface area contributed by atoms with E-state index in [-0.39, 0.29) is 24.2 Å². The van der Waals surface area contributed by atoms with Crippen molar-refractivity contribution >= 4 is 12.4 Å². The number of aliphatic hydroxyl groups is 1. The molecule has 4 heteroatoms. The van der Waals surface area contributed by atoms with Crippen LogP contribution in [0.4, 0.5) is 0 Å². The third-order valence-corrected chi connectivity index (χ3v) is 2.16. The summed E-state index contributed by atoms with van der Waals surface area (Å²) >= 11 is 0. The van der Waals surface area contributed by atoms with Crippen LogP contribution in [-0.2, 0) is 0 Å². The van der Waals surface area contributed by atoms with Crippen LogP contribution >= 0.6 is 12.4 Å². The van der Waals surface area contributed by atoms with Gasteiger partial charge in [-0.1, -0.05) is 12.1 Å². The third kappa shape index (κ3) is 3.18. The molecule has 0 fully saturated rings. The van der Waals surface area contributed by atoms with Crippen molar-refractivity contribution < 1.29 is 10.2 Å². The predicted molar refractivity (Wildman–Crippen MR) is 58.8 cm³/mol. The number of benzene rings is 1. The summed E-state index contributed by atoms with van der Waals surface area (Å²) in [6, 6.07) is 6.58. The zero-order valence-corrected chi connectivity index (χ0v) is 9.08. The fraction of sp³-hybridized carbons (Fsp3) is 0.400. The summed E-state index contributed by atoms with van der Waals surface area (Å²) in [7, 11) is 1.80. The summed E-state index contributed by atoms with van der Waals surface area (Å²) < 4.78 is 0. The molecular formula is C10H16ClNO2. The zero-order chi connectivity index (χ0) is 9.84. The Labute approximate surface area is 90.2 Å². The van der Waals surface area contributed by atoms with Crippen LogP contribution < -0.4 is 5.32 Å². The molecule has 0 spiro atoms. The van der Waals surface area contributed by atoms with Gasteiger partial charge in [0.2, 0.25) is 0 Å². The van der Waals surface area contributed by atoms with E-state index in [2.05, 4.69) is 5.32 Å². The Bertz CT molecular complexity index is 263. The highest BCUT2D eigenvalue weighted by Gasteiger charge is 2.13. The SMILES string of the molecule is CN[C@@H](C)[C@H](O)c1ccc(O)cc1.Cl. The largest absolute Gasteiger partial charge is 0.508 e. The molecule has 3 N–H and O–H groups in total. The molecule has 1 aromatic carbocycles. The maximum atomic E-state index is 9.74. The molecule has 14 heavy (non-hydrogen) atoms. The lowest BCUT2D eigenvalue weighted by Crippen LogP contribution is -2.28. The molecule has 0 bridgehead atoms. The van der Waals surface area contributed by atoms with Crippen LogP contribution in [0.1, 0.15) is 18.6 Å². The second-order valence-electron chi connectivity index (χ2n) is 3.11. The fourth-order valence-electron chi connectivity index (χ4n) is 1.12. The Kier molecular flexibility index (Phi) is 5.53. The number of aliphatic hydroxyl groups excluding tert-OH is 1. The van der Waals surface area contributed by atoms with Crippen LogP contribution in [0.5, 0.6) is 5.75 Å². The van der Waals surface area contributed by atoms with Gasteiger partial charge in [0.05, 0.1) is 6.10 Å². The summed E-state index contributed by atoms with van der Waals surface area (Å²) in [4.78, 5) is 0. The number of rotatable bonds is 3. The minimum Gasteiger partial charge on any atom is -0.508 e. The van der Waals surface area contributed by atoms with E-state index < -0.39 is 6.10 Å². The van der Waals surface area contributed by atoms with E-state index in [4.69, 9.17) is 5.11 Å². The lowest BCUT2D eigenvalue weighted by molar-refractivity contribution is 0.140. The summed E-state index contributed by atoms with van der Waals surface area (Å²) in [6.07, 6.45) is -0.536. The van der Waals surface area contributed by atoms with Gasteiger partial charge >= 0.3 is 0 Å². The number of aromatic hydroxyl groups is 1. The van der Waals surface area contributed by atoms with Gasteiger partial charge in [-0.3, -0.25) is 0 Å². The normalized spacial score (nSPS) is 14.2. The minimum atomic E-state index is -0.536. The molecule has 0 saturated heterocycles. The lowest BCUT2D eigenvalue weighted by Gasteiger charge is -2.18. The number of hydrogen-bond acceptors (Lipinski definition) is 3. The van der Waals surface area contributed by atoms with Crippen molar-refractivity contribution in [3.63, 3.8) is 0 Å². The van der Waals surface area contributed by atoms with Crippen LogP contribution in [0.2, 0.25) is 0 Å². The topological polar surface area (TPSA) is 52.5 Å². The second kappa shape index (κ2) is 5.86. The second-order valence-corrected chi connectivity index (χ2v) is 3.11. The summed E-state index contributed by atoms with van der Waals surface area (Å²) in [5.74, 6) is 0.216. The molecule has 1 rings (SSSR count). The Balaban J connectivity index is 0.00000169. The van der Waals surface area contributed by atoms with Crippen molar-refractivity contribution in [3.05, 3.63) is 29.8 Å². The van der Waals surface area contributed by atoms with Gasteiger partial charge < -0.3 is 15.5 Å². The molecule has 0 amide bonds. The maximum absolute atomic E-state index is 9.74. The van der Waals surface area contributed by atoms with E-state index in [0.717, 1.165) is 5.56 Å². The molecule has 0 radical (unpaired) electrons. The molecule has 0 aliphatic rings. The van der Waals surface area contributed by atoms with Crippen molar-refractivity contribution in [2.45, 2.75) is 19.1 Å². The fourth-order valence-corrected chi connectivity index (χ4v) is 1.12. The minimum absolute atomic E-state index is 0. The van der Waals surface area contributed by atoms with Crippen LogP contribution in [0.25, 0.3) is 0 Å². The summed E-state index contributed by atoms with van der Waals surface area (Å²) in [6.45, 7) is 1.90. The number of phenols is 1. The van der Waals surface area contributed by atoms with Crippen molar-refractivity contribution in [1.82, 2.24) is 5.32 Å². The quantitative estimate of drug-likeness (QED) is 0.719. The van der Waals surface area contributed by atoms with E-state index in [1.807, 2.05) is 6.92 Å². The monoisotopic (exact) mass is 217 g/mol. The maximum Gasteiger partial charge on any atom is 0.115 e. The number of hydrogen-bond donors (Lipinski definition) is 3. The standard InChI is InChI=1S/C10H15NO2.ClH/c1-7(11-2)10(13)8-3-5-9(12)6-4-8;/h3-7,10-13H,1-2H3;1H/t7-,10-;/m0./s1. The van der Waals surface area contributed by atoms with Gasteiger partial charge in [-0.15, -0.1) is 12.4 Å². The molecular weight excluding hydrogens is 202 g/mol. The van der Waals surface area contributed by atoms with Gasteiger partial charge in [-0.2, -0.15) is 0 Å². The van der Waals surface area contributed by atoms with Crippen molar-refractivity contribution in [2.24, 2.45) is 0 Å². The van der Waals surface area contributed by atoms with Gasteiger partial charge in [0.1, 0.15) is 5.75 Å². The molecule has 0 aliphatic heterocycles. The Hall–Kier alpha value is -0.770. The molecule has 80 valence electrons. The Morgan fingerprint density at radius 2 is 1.71 bits per heavy atom. The van der Waals surface area contributed by atoms with Gasteiger partial charge in [-0.25, -0.2) is 0 Å². The highest BCUT2D eigenvalue weighted by atomic mass is 35.5. The summed E-state index contributed by atoms with van der Waals surface area (Å²) in [5, 5.41) is 21.7.